The second-order valence-corrected chi connectivity index (χ2v) is 5.07. The van der Waals surface area contributed by atoms with Crippen LogP contribution in [0.3, 0.4) is 0 Å². The fourth-order valence-corrected chi connectivity index (χ4v) is 1.99. The first-order valence-corrected chi connectivity index (χ1v) is 6.80. The molecule has 0 atom stereocenters. The highest BCUT2D eigenvalue weighted by molar-refractivity contribution is 6.41. The molecule has 1 aromatic carbocycles. The van der Waals surface area contributed by atoms with Crippen molar-refractivity contribution in [1.29, 1.82) is 0 Å². The lowest BCUT2D eigenvalue weighted by atomic mass is 10.2. The van der Waals surface area contributed by atoms with E-state index in [1.54, 1.807) is 0 Å². The first-order chi connectivity index (χ1) is 10.5. The Morgan fingerprint density at radius 3 is 2.68 bits per heavy atom. The van der Waals surface area contributed by atoms with E-state index in [2.05, 4.69) is 15.2 Å². The quantitative estimate of drug-likeness (QED) is 0.732. The zero-order valence-corrected chi connectivity index (χ0v) is 12.3. The second-order valence-electron chi connectivity index (χ2n) is 4.29. The SMILES string of the molecule is O=c1c(Cl)c(Cl)cnn1Cc1nc(-c2ccc(F)cc2)no1. The summed E-state index contributed by atoms with van der Waals surface area (Å²) in [6.45, 7) is -0.0517. The van der Waals surface area contributed by atoms with E-state index in [0.717, 1.165) is 4.68 Å². The second kappa shape index (κ2) is 5.86. The number of benzene rings is 1. The smallest absolute Gasteiger partial charge is 0.287 e. The van der Waals surface area contributed by atoms with Gasteiger partial charge in [0, 0.05) is 5.56 Å². The van der Waals surface area contributed by atoms with E-state index in [4.69, 9.17) is 27.7 Å². The summed E-state index contributed by atoms with van der Waals surface area (Å²) in [5, 5.41) is 7.55. The van der Waals surface area contributed by atoms with E-state index in [-0.39, 0.29) is 34.1 Å². The zero-order chi connectivity index (χ0) is 15.7. The maximum Gasteiger partial charge on any atom is 0.287 e. The number of aromatic nitrogens is 4. The number of rotatable bonds is 3. The maximum absolute atomic E-state index is 12.9. The molecule has 0 fully saturated rings. The number of halogens is 3. The minimum Gasteiger partial charge on any atom is -0.337 e. The van der Waals surface area contributed by atoms with Crippen molar-refractivity contribution in [3.63, 3.8) is 0 Å². The molecule has 0 saturated heterocycles. The molecule has 2 heterocycles. The van der Waals surface area contributed by atoms with Crippen LogP contribution in [0.5, 0.6) is 0 Å². The van der Waals surface area contributed by atoms with E-state index in [1.807, 2.05) is 0 Å². The van der Waals surface area contributed by atoms with Gasteiger partial charge in [-0.25, -0.2) is 9.07 Å². The standard InChI is InChI=1S/C13H7Cl2FN4O2/c14-9-5-17-20(13(21)11(9)15)6-10-18-12(19-22-10)7-1-3-8(16)4-2-7/h1-5H,6H2. The summed E-state index contributed by atoms with van der Waals surface area (Å²) in [5.74, 6) is 0.0782. The third-order valence-corrected chi connectivity index (χ3v) is 3.55. The molecule has 9 heteroatoms. The van der Waals surface area contributed by atoms with Crippen LogP contribution in [-0.2, 0) is 6.54 Å². The largest absolute Gasteiger partial charge is 0.337 e. The van der Waals surface area contributed by atoms with Crippen molar-refractivity contribution in [2.75, 3.05) is 0 Å². The average Bonchev–Trinajstić information content (AvgIpc) is 2.97. The van der Waals surface area contributed by atoms with E-state index in [9.17, 15) is 9.18 Å². The molecule has 0 bridgehead atoms. The highest BCUT2D eigenvalue weighted by atomic mass is 35.5. The summed E-state index contributed by atoms with van der Waals surface area (Å²) in [6, 6.07) is 5.62. The van der Waals surface area contributed by atoms with Crippen LogP contribution in [0.25, 0.3) is 11.4 Å². The Morgan fingerprint density at radius 2 is 1.95 bits per heavy atom. The van der Waals surface area contributed by atoms with Crippen LogP contribution in [0, 0.1) is 5.82 Å². The predicted molar refractivity (Wildman–Crippen MR) is 77.3 cm³/mol. The van der Waals surface area contributed by atoms with Crippen molar-refractivity contribution in [3.8, 4) is 11.4 Å². The molecule has 0 saturated carbocycles. The van der Waals surface area contributed by atoms with Gasteiger partial charge in [0.1, 0.15) is 17.4 Å². The minimum atomic E-state index is -0.560. The Labute approximate surface area is 133 Å². The topological polar surface area (TPSA) is 73.8 Å². The van der Waals surface area contributed by atoms with Crippen LogP contribution < -0.4 is 5.56 Å². The van der Waals surface area contributed by atoms with Gasteiger partial charge in [-0.2, -0.15) is 10.1 Å². The van der Waals surface area contributed by atoms with E-state index < -0.39 is 5.56 Å². The summed E-state index contributed by atoms with van der Waals surface area (Å²) in [7, 11) is 0. The fraction of sp³-hybridized carbons (Fsp3) is 0.0769. The Morgan fingerprint density at radius 1 is 1.23 bits per heavy atom. The normalized spacial score (nSPS) is 10.9. The monoisotopic (exact) mass is 340 g/mol. The summed E-state index contributed by atoms with van der Waals surface area (Å²) >= 11 is 11.5. The Bertz CT molecular complexity index is 876. The van der Waals surface area contributed by atoms with Crippen molar-refractivity contribution in [1.82, 2.24) is 19.9 Å². The lowest BCUT2D eigenvalue weighted by molar-refractivity contribution is 0.363. The van der Waals surface area contributed by atoms with Crippen LogP contribution >= 0.6 is 23.2 Å². The van der Waals surface area contributed by atoms with Crippen molar-refractivity contribution in [2.45, 2.75) is 6.54 Å². The van der Waals surface area contributed by atoms with Crippen LogP contribution in [0.2, 0.25) is 10.0 Å². The first-order valence-electron chi connectivity index (χ1n) is 6.04. The molecule has 0 aliphatic rings. The summed E-state index contributed by atoms with van der Waals surface area (Å²) in [6.07, 6.45) is 1.25. The van der Waals surface area contributed by atoms with Gasteiger partial charge in [0.15, 0.2) is 0 Å². The molecule has 2 aromatic heterocycles. The summed E-state index contributed by atoms with van der Waals surface area (Å²) in [5.41, 5.74) is 0.0292. The number of hydrogen-bond donors (Lipinski definition) is 0. The zero-order valence-electron chi connectivity index (χ0n) is 10.8. The highest BCUT2D eigenvalue weighted by Gasteiger charge is 2.13. The van der Waals surface area contributed by atoms with Crippen molar-refractivity contribution in [3.05, 3.63) is 62.6 Å². The lowest BCUT2D eigenvalue weighted by Crippen LogP contribution is -2.23. The average molecular weight is 341 g/mol. The van der Waals surface area contributed by atoms with Gasteiger partial charge in [-0.15, -0.1) is 0 Å². The molecule has 0 aliphatic carbocycles. The van der Waals surface area contributed by atoms with Crippen LogP contribution in [0.1, 0.15) is 5.89 Å². The Kier molecular flexibility index (Phi) is 3.91. The van der Waals surface area contributed by atoms with E-state index in [1.165, 1.54) is 30.5 Å². The van der Waals surface area contributed by atoms with E-state index in [0.29, 0.717) is 5.56 Å². The van der Waals surface area contributed by atoms with Gasteiger partial charge in [-0.1, -0.05) is 28.4 Å². The molecule has 112 valence electrons. The maximum atomic E-state index is 12.9. The van der Waals surface area contributed by atoms with Crippen molar-refractivity contribution in [2.24, 2.45) is 0 Å². The van der Waals surface area contributed by atoms with Gasteiger partial charge in [-0.05, 0) is 24.3 Å². The van der Waals surface area contributed by atoms with Gasteiger partial charge in [0.2, 0.25) is 11.7 Å². The Balaban J connectivity index is 1.87. The minimum absolute atomic E-state index is 0.0517. The lowest BCUT2D eigenvalue weighted by Gasteiger charge is -2.01. The molecular formula is C13H7Cl2FN4O2. The molecule has 0 spiro atoms. The summed E-state index contributed by atoms with van der Waals surface area (Å²) in [4.78, 5) is 16.0. The van der Waals surface area contributed by atoms with Gasteiger partial charge in [0.05, 0.1) is 11.2 Å². The number of nitrogens with zero attached hydrogens (tertiary/aromatic N) is 4. The molecule has 0 unspecified atom stereocenters. The molecule has 0 N–H and O–H groups in total. The van der Waals surface area contributed by atoms with Crippen LogP contribution in [0.15, 0.2) is 39.8 Å². The van der Waals surface area contributed by atoms with Crippen molar-refractivity contribution < 1.29 is 8.91 Å². The van der Waals surface area contributed by atoms with Gasteiger partial charge in [0.25, 0.3) is 5.56 Å². The number of hydrogen-bond acceptors (Lipinski definition) is 5. The fourth-order valence-electron chi connectivity index (χ4n) is 1.72. The highest BCUT2D eigenvalue weighted by Crippen LogP contribution is 2.17. The first kappa shape index (κ1) is 14.7. The Hall–Kier alpha value is -2.25. The molecule has 0 amide bonds. The van der Waals surface area contributed by atoms with Crippen molar-refractivity contribution >= 4 is 23.2 Å². The van der Waals surface area contributed by atoms with Gasteiger partial charge >= 0.3 is 0 Å². The molecule has 22 heavy (non-hydrogen) atoms. The molecule has 3 aromatic rings. The molecule has 3 rings (SSSR count). The molecular weight excluding hydrogens is 334 g/mol. The molecule has 0 aliphatic heterocycles. The third-order valence-electron chi connectivity index (χ3n) is 2.80. The van der Waals surface area contributed by atoms with Gasteiger partial charge < -0.3 is 4.52 Å². The third kappa shape index (κ3) is 2.86. The molecule has 6 nitrogen and oxygen atoms in total. The molecule has 0 radical (unpaired) electrons. The predicted octanol–water partition coefficient (Wildman–Crippen LogP) is 2.79. The van der Waals surface area contributed by atoms with Crippen LogP contribution in [-0.4, -0.2) is 19.9 Å². The van der Waals surface area contributed by atoms with Gasteiger partial charge in [-0.3, -0.25) is 4.79 Å². The summed E-state index contributed by atoms with van der Waals surface area (Å²) < 4.78 is 19.0. The van der Waals surface area contributed by atoms with Crippen LogP contribution in [0.4, 0.5) is 4.39 Å². The van der Waals surface area contributed by atoms with E-state index >= 15 is 0 Å².